The molecule has 1 aliphatic rings. The second-order valence-electron chi connectivity index (χ2n) is 4.92. The molecule has 21 heavy (non-hydrogen) atoms. The molecule has 1 aromatic rings. The Morgan fingerprint density at radius 3 is 2.43 bits per heavy atom. The number of sulfonamides is 1. The average molecular weight is 322 g/mol. The first-order valence-electron chi connectivity index (χ1n) is 6.67. The first-order valence-corrected chi connectivity index (χ1v) is 8.11. The third-order valence-corrected chi connectivity index (χ3v) is 5.09. The standard InChI is InChI=1S/C13H17F3N2O2S/c1-2-17-11-5-3-4-6-12(11)21(19,20)18(10-7-8-10)9-13(14,15)16/h3-6,10,17H,2,7-9H2,1H3. The van der Waals surface area contributed by atoms with Crippen molar-refractivity contribution in [3.05, 3.63) is 24.3 Å². The highest BCUT2D eigenvalue weighted by atomic mass is 32.2. The van der Waals surface area contributed by atoms with Crippen LogP contribution in [0.3, 0.4) is 0 Å². The van der Waals surface area contributed by atoms with Gasteiger partial charge in [-0.2, -0.15) is 17.5 Å². The Labute approximate surface area is 122 Å². The van der Waals surface area contributed by atoms with Crippen LogP contribution in [0.2, 0.25) is 0 Å². The van der Waals surface area contributed by atoms with Crippen LogP contribution in [0, 0.1) is 0 Å². The van der Waals surface area contributed by atoms with Crippen LogP contribution >= 0.6 is 0 Å². The molecule has 1 N–H and O–H groups in total. The second kappa shape index (κ2) is 5.84. The number of nitrogens with zero attached hydrogens (tertiary/aromatic N) is 1. The van der Waals surface area contributed by atoms with Crippen molar-refractivity contribution < 1.29 is 21.6 Å². The van der Waals surface area contributed by atoms with Crippen molar-refractivity contribution in [3.8, 4) is 0 Å². The van der Waals surface area contributed by atoms with Crippen LogP contribution in [0.15, 0.2) is 29.2 Å². The monoisotopic (exact) mass is 322 g/mol. The maximum atomic E-state index is 12.7. The number of hydrogen-bond acceptors (Lipinski definition) is 3. The van der Waals surface area contributed by atoms with E-state index < -0.39 is 28.8 Å². The van der Waals surface area contributed by atoms with Crippen LogP contribution in [-0.2, 0) is 10.0 Å². The van der Waals surface area contributed by atoms with Crippen LogP contribution in [0.25, 0.3) is 0 Å². The van der Waals surface area contributed by atoms with Gasteiger partial charge in [0, 0.05) is 12.6 Å². The van der Waals surface area contributed by atoms with E-state index in [4.69, 9.17) is 0 Å². The average Bonchev–Trinajstić information content (AvgIpc) is 3.20. The molecular weight excluding hydrogens is 305 g/mol. The van der Waals surface area contributed by atoms with Crippen molar-refractivity contribution in [2.45, 2.75) is 36.9 Å². The Hall–Kier alpha value is -1.28. The van der Waals surface area contributed by atoms with Gasteiger partial charge in [0.1, 0.15) is 11.4 Å². The lowest BCUT2D eigenvalue weighted by Gasteiger charge is -2.24. The first-order chi connectivity index (χ1) is 9.75. The Balaban J connectivity index is 2.39. The lowest BCUT2D eigenvalue weighted by atomic mass is 10.3. The molecule has 0 atom stereocenters. The van der Waals surface area contributed by atoms with E-state index in [-0.39, 0.29) is 4.90 Å². The number of rotatable bonds is 6. The quantitative estimate of drug-likeness (QED) is 0.876. The fourth-order valence-corrected chi connectivity index (χ4v) is 3.94. The Kier molecular flexibility index (Phi) is 4.48. The summed E-state index contributed by atoms with van der Waals surface area (Å²) in [4.78, 5) is -0.108. The summed E-state index contributed by atoms with van der Waals surface area (Å²) < 4.78 is 63.7. The molecule has 8 heteroatoms. The summed E-state index contributed by atoms with van der Waals surface area (Å²) in [6.07, 6.45) is -3.61. The molecule has 1 aliphatic carbocycles. The summed E-state index contributed by atoms with van der Waals surface area (Å²) in [6, 6.07) is 5.48. The van der Waals surface area contributed by atoms with Crippen molar-refractivity contribution in [2.24, 2.45) is 0 Å². The highest BCUT2D eigenvalue weighted by Gasteiger charge is 2.45. The van der Waals surface area contributed by atoms with Crippen molar-refractivity contribution in [2.75, 3.05) is 18.4 Å². The van der Waals surface area contributed by atoms with Gasteiger partial charge >= 0.3 is 6.18 Å². The molecule has 0 bridgehead atoms. The summed E-state index contributed by atoms with van der Waals surface area (Å²) in [5.41, 5.74) is 0.327. The molecular formula is C13H17F3N2O2S. The Morgan fingerprint density at radius 2 is 1.90 bits per heavy atom. The molecule has 1 aromatic carbocycles. The normalized spacial score (nSPS) is 16.2. The summed E-state index contributed by atoms with van der Waals surface area (Å²) >= 11 is 0. The molecule has 0 radical (unpaired) electrons. The zero-order chi connectivity index (χ0) is 15.7. The van der Waals surface area contributed by atoms with Gasteiger partial charge in [0.25, 0.3) is 0 Å². The predicted octanol–water partition coefficient (Wildman–Crippen LogP) is 2.83. The third kappa shape index (κ3) is 3.88. The van der Waals surface area contributed by atoms with Gasteiger partial charge < -0.3 is 5.32 Å². The molecule has 4 nitrogen and oxygen atoms in total. The maximum Gasteiger partial charge on any atom is 0.402 e. The van der Waals surface area contributed by atoms with E-state index in [1.807, 2.05) is 0 Å². The number of halogens is 3. The molecule has 0 aromatic heterocycles. The molecule has 0 unspecified atom stereocenters. The Morgan fingerprint density at radius 1 is 1.29 bits per heavy atom. The predicted molar refractivity (Wildman–Crippen MR) is 73.6 cm³/mol. The molecule has 1 saturated carbocycles. The molecule has 0 spiro atoms. The van der Waals surface area contributed by atoms with E-state index in [1.54, 1.807) is 19.1 Å². The number of alkyl halides is 3. The van der Waals surface area contributed by atoms with Crippen molar-refractivity contribution >= 4 is 15.7 Å². The Bertz CT molecular complexity index is 598. The fourth-order valence-electron chi connectivity index (χ4n) is 2.10. The number of nitrogens with one attached hydrogen (secondary N) is 1. The van der Waals surface area contributed by atoms with Gasteiger partial charge in [0.15, 0.2) is 0 Å². The lowest BCUT2D eigenvalue weighted by molar-refractivity contribution is -0.137. The summed E-state index contributed by atoms with van der Waals surface area (Å²) in [6.45, 7) is 0.827. The van der Waals surface area contributed by atoms with Crippen LogP contribution in [-0.4, -0.2) is 38.0 Å². The zero-order valence-electron chi connectivity index (χ0n) is 11.5. The molecule has 1 fully saturated rings. The van der Waals surface area contributed by atoms with Gasteiger partial charge in [-0.1, -0.05) is 12.1 Å². The van der Waals surface area contributed by atoms with Crippen molar-refractivity contribution in [1.29, 1.82) is 0 Å². The highest BCUT2D eigenvalue weighted by molar-refractivity contribution is 7.89. The molecule has 0 heterocycles. The summed E-state index contributed by atoms with van der Waals surface area (Å²) in [7, 11) is -4.17. The van der Waals surface area contributed by atoms with Crippen molar-refractivity contribution in [1.82, 2.24) is 4.31 Å². The number of benzene rings is 1. The van der Waals surface area contributed by atoms with Crippen LogP contribution in [0.4, 0.5) is 18.9 Å². The molecule has 118 valence electrons. The van der Waals surface area contributed by atoms with Gasteiger partial charge in [0.2, 0.25) is 10.0 Å². The molecule has 0 saturated heterocycles. The van der Waals surface area contributed by atoms with Gasteiger partial charge in [-0.15, -0.1) is 0 Å². The van der Waals surface area contributed by atoms with E-state index in [1.165, 1.54) is 12.1 Å². The highest BCUT2D eigenvalue weighted by Crippen LogP contribution is 2.36. The zero-order valence-corrected chi connectivity index (χ0v) is 12.3. The topological polar surface area (TPSA) is 49.4 Å². The molecule has 0 amide bonds. The van der Waals surface area contributed by atoms with E-state index >= 15 is 0 Å². The minimum absolute atomic E-state index is 0.108. The van der Waals surface area contributed by atoms with Crippen LogP contribution in [0.1, 0.15) is 19.8 Å². The van der Waals surface area contributed by atoms with E-state index in [9.17, 15) is 21.6 Å². The van der Waals surface area contributed by atoms with Gasteiger partial charge in [-0.05, 0) is 31.9 Å². The second-order valence-corrected chi connectivity index (χ2v) is 6.78. The minimum atomic E-state index is -4.55. The van der Waals surface area contributed by atoms with E-state index in [0.717, 1.165) is 0 Å². The maximum absolute atomic E-state index is 12.7. The SMILES string of the molecule is CCNc1ccccc1S(=O)(=O)N(CC(F)(F)F)C1CC1. The molecule has 2 rings (SSSR count). The van der Waals surface area contributed by atoms with Crippen LogP contribution in [0.5, 0.6) is 0 Å². The number of anilines is 1. The largest absolute Gasteiger partial charge is 0.402 e. The van der Waals surface area contributed by atoms with E-state index in [0.29, 0.717) is 29.4 Å². The van der Waals surface area contributed by atoms with E-state index in [2.05, 4.69) is 5.32 Å². The van der Waals surface area contributed by atoms with Gasteiger partial charge in [0.05, 0.1) is 5.69 Å². The number of para-hydroxylation sites is 1. The van der Waals surface area contributed by atoms with Gasteiger partial charge in [-0.3, -0.25) is 0 Å². The summed E-state index contributed by atoms with van der Waals surface area (Å²) in [5, 5.41) is 2.87. The molecule has 0 aliphatic heterocycles. The van der Waals surface area contributed by atoms with Crippen LogP contribution < -0.4 is 5.32 Å². The minimum Gasteiger partial charge on any atom is -0.384 e. The fraction of sp³-hybridized carbons (Fsp3) is 0.538. The van der Waals surface area contributed by atoms with Gasteiger partial charge in [-0.25, -0.2) is 8.42 Å². The number of hydrogen-bond donors (Lipinski definition) is 1. The smallest absolute Gasteiger partial charge is 0.384 e. The third-order valence-electron chi connectivity index (χ3n) is 3.13. The van der Waals surface area contributed by atoms with Crippen molar-refractivity contribution in [3.63, 3.8) is 0 Å². The first kappa shape index (κ1) is 16.1. The lowest BCUT2D eigenvalue weighted by Crippen LogP contribution is -2.40. The summed E-state index contributed by atoms with van der Waals surface area (Å²) in [5.74, 6) is 0.